The molecule has 0 aromatic carbocycles. The topological polar surface area (TPSA) is 9.72 Å². The average Bonchev–Trinajstić information content (AvgIpc) is 3.09. The largest absolute Gasteiger partial charge is 0.300 e. The summed E-state index contributed by atoms with van der Waals surface area (Å²) in [5.74, 6) is 2.68. The maximum atomic E-state index is 2.98. The lowest BCUT2D eigenvalue weighted by Gasteiger charge is -2.49. The second-order valence-corrected chi connectivity index (χ2v) is 13.2. The van der Waals surface area contributed by atoms with Crippen molar-refractivity contribution >= 4 is 0 Å². The van der Waals surface area contributed by atoms with Crippen molar-refractivity contribution in [3.63, 3.8) is 0 Å². The van der Waals surface area contributed by atoms with Crippen LogP contribution in [0, 0.1) is 17.8 Å². The molecule has 6 heterocycles. The fraction of sp³-hybridized carbons (Fsp3) is 0.871. The summed E-state index contributed by atoms with van der Waals surface area (Å²) in [6.07, 6.45) is 27.9. The summed E-state index contributed by atoms with van der Waals surface area (Å²) in [6, 6.07) is 3.28. The predicted molar refractivity (Wildman–Crippen MR) is 143 cm³/mol. The summed E-state index contributed by atoms with van der Waals surface area (Å²) in [4.78, 5) is 8.72. The molecule has 34 heavy (non-hydrogen) atoms. The number of rotatable bonds is 4. The highest BCUT2D eigenvalue weighted by atomic mass is 15.2. The lowest BCUT2D eigenvalue weighted by Crippen LogP contribution is -2.53. The fourth-order valence-electron chi connectivity index (χ4n) is 8.89. The molecule has 0 aliphatic carbocycles. The summed E-state index contributed by atoms with van der Waals surface area (Å²) in [6.45, 7) is 9.19. The van der Waals surface area contributed by atoms with Crippen molar-refractivity contribution in [1.82, 2.24) is 14.7 Å². The van der Waals surface area contributed by atoms with Gasteiger partial charge in [0.05, 0.1) is 0 Å². The fourth-order valence-corrected chi connectivity index (χ4v) is 8.89. The van der Waals surface area contributed by atoms with Crippen LogP contribution in [0.3, 0.4) is 0 Å². The molecule has 0 saturated carbocycles. The molecule has 6 rings (SSSR count). The van der Waals surface area contributed by atoms with Gasteiger partial charge in [0.1, 0.15) is 0 Å². The molecule has 0 N–H and O–H groups in total. The predicted octanol–water partition coefficient (Wildman–Crippen LogP) is 6.26. The maximum absolute atomic E-state index is 2.98. The first-order valence-corrected chi connectivity index (χ1v) is 15.3. The Kier molecular flexibility index (Phi) is 7.52. The Hall–Kier alpha value is -0.640. The number of piperidine rings is 3. The molecule has 0 bridgehead atoms. The lowest BCUT2D eigenvalue weighted by atomic mass is 9.78. The Labute approximate surface area is 210 Å². The minimum absolute atomic E-state index is 0.709. The first-order chi connectivity index (χ1) is 16.7. The second kappa shape index (κ2) is 10.8. The van der Waals surface area contributed by atoms with E-state index in [1.54, 1.807) is 5.57 Å². The number of fused-ring (bicyclic) bond motifs is 3. The molecule has 6 aliphatic heterocycles. The highest BCUT2D eigenvalue weighted by Gasteiger charge is 2.39. The van der Waals surface area contributed by atoms with Gasteiger partial charge in [-0.15, -0.1) is 0 Å². The first kappa shape index (κ1) is 23.7. The first-order valence-electron chi connectivity index (χ1n) is 15.3. The number of hydrogen-bond donors (Lipinski definition) is 0. The van der Waals surface area contributed by atoms with Gasteiger partial charge in [0, 0.05) is 43.8 Å². The van der Waals surface area contributed by atoms with Gasteiger partial charge in [-0.1, -0.05) is 43.6 Å². The van der Waals surface area contributed by atoms with Crippen molar-refractivity contribution in [3.05, 3.63) is 23.8 Å². The van der Waals surface area contributed by atoms with E-state index < -0.39 is 0 Å². The van der Waals surface area contributed by atoms with Crippen molar-refractivity contribution < 1.29 is 0 Å². The molecule has 4 saturated heterocycles. The van der Waals surface area contributed by atoms with Crippen molar-refractivity contribution in [2.75, 3.05) is 32.7 Å². The molecule has 0 aromatic rings. The molecule has 7 atom stereocenters. The van der Waals surface area contributed by atoms with E-state index in [0.717, 1.165) is 35.9 Å². The van der Waals surface area contributed by atoms with Crippen LogP contribution in [0.2, 0.25) is 0 Å². The van der Waals surface area contributed by atoms with Gasteiger partial charge in [0.15, 0.2) is 0 Å². The van der Waals surface area contributed by atoms with Crippen LogP contribution >= 0.6 is 0 Å². The van der Waals surface area contributed by atoms with Gasteiger partial charge in [-0.05, 0) is 108 Å². The molecular weight excluding hydrogens is 414 g/mol. The van der Waals surface area contributed by atoms with Crippen LogP contribution in [0.5, 0.6) is 0 Å². The van der Waals surface area contributed by atoms with E-state index in [1.165, 1.54) is 123 Å². The Morgan fingerprint density at radius 2 is 1.76 bits per heavy atom. The second-order valence-electron chi connectivity index (χ2n) is 13.2. The average molecular weight is 466 g/mol. The van der Waals surface area contributed by atoms with Gasteiger partial charge >= 0.3 is 0 Å². The van der Waals surface area contributed by atoms with E-state index in [0.29, 0.717) is 6.04 Å². The third-order valence-electron chi connectivity index (χ3n) is 10.7. The zero-order chi connectivity index (χ0) is 22.9. The molecule has 3 heteroatoms. The molecule has 3 nitrogen and oxygen atoms in total. The normalized spacial score (nSPS) is 42.3. The molecule has 4 fully saturated rings. The van der Waals surface area contributed by atoms with E-state index in [9.17, 15) is 0 Å². The third-order valence-corrected chi connectivity index (χ3v) is 10.7. The van der Waals surface area contributed by atoms with Gasteiger partial charge in [0.25, 0.3) is 0 Å². The Balaban J connectivity index is 1.07. The zero-order valence-electron chi connectivity index (χ0n) is 22.1. The summed E-state index contributed by atoms with van der Waals surface area (Å²) in [7, 11) is 0. The highest BCUT2D eigenvalue weighted by molar-refractivity contribution is 5.16. The van der Waals surface area contributed by atoms with E-state index >= 15 is 0 Å². The Morgan fingerprint density at radius 3 is 2.74 bits per heavy atom. The minimum Gasteiger partial charge on any atom is -0.300 e. The van der Waals surface area contributed by atoms with E-state index in [1.807, 2.05) is 0 Å². The third kappa shape index (κ3) is 5.23. The van der Waals surface area contributed by atoms with E-state index in [-0.39, 0.29) is 0 Å². The monoisotopic (exact) mass is 465 g/mol. The van der Waals surface area contributed by atoms with Gasteiger partial charge < -0.3 is 4.90 Å². The van der Waals surface area contributed by atoms with Crippen LogP contribution in [0.15, 0.2) is 23.8 Å². The van der Waals surface area contributed by atoms with Crippen LogP contribution in [0.1, 0.15) is 96.8 Å². The summed E-state index contributed by atoms with van der Waals surface area (Å²) >= 11 is 0. The Morgan fingerprint density at radius 1 is 0.824 bits per heavy atom. The summed E-state index contributed by atoms with van der Waals surface area (Å²) < 4.78 is 0. The van der Waals surface area contributed by atoms with Crippen LogP contribution in [0.25, 0.3) is 0 Å². The molecule has 190 valence electrons. The van der Waals surface area contributed by atoms with Crippen LogP contribution in [0.4, 0.5) is 0 Å². The molecule has 0 spiro atoms. The molecular formula is C31H51N3. The zero-order valence-corrected chi connectivity index (χ0v) is 22.1. The van der Waals surface area contributed by atoms with Gasteiger partial charge in [0.2, 0.25) is 0 Å². The molecule has 0 radical (unpaired) electrons. The highest BCUT2D eigenvalue weighted by Crippen LogP contribution is 2.39. The van der Waals surface area contributed by atoms with Gasteiger partial charge in [-0.25, -0.2) is 0 Å². The van der Waals surface area contributed by atoms with Crippen LogP contribution in [-0.4, -0.2) is 71.6 Å². The van der Waals surface area contributed by atoms with Crippen LogP contribution in [-0.2, 0) is 0 Å². The van der Waals surface area contributed by atoms with Crippen molar-refractivity contribution in [2.24, 2.45) is 17.8 Å². The Bertz CT molecular complexity index is 743. The maximum Gasteiger partial charge on any atom is 0.0312 e. The lowest BCUT2D eigenvalue weighted by molar-refractivity contribution is 0.0381. The number of hydrogen-bond acceptors (Lipinski definition) is 3. The SMILES string of the molecule is CC1CCC2CC=C(CC3CCCN4C(CC5CCC6CCCCCN6C5)CC=CC34)CN2C1. The standard InChI is InChI=1S/C31H51N3/c1-24-11-14-29-16-12-25(23-33(29)21-24)19-27-7-6-18-34-30(9-5-10-31(27)34)20-26-13-15-28-8-3-2-4-17-32(28)22-26/h5,10,12,24,26-31H,2-4,6-9,11,13-23H2,1H3. The summed E-state index contributed by atoms with van der Waals surface area (Å²) in [5.41, 5.74) is 1.77. The van der Waals surface area contributed by atoms with Gasteiger partial charge in [-0.2, -0.15) is 0 Å². The smallest absolute Gasteiger partial charge is 0.0312 e. The molecule has 6 aliphatic rings. The number of nitrogens with zero attached hydrogens (tertiary/aromatic N) is 3. The van der Waals surface area contributed by atoms with Gasteiger partial charge in [-0.3, -0.25) is 9.80 Å². The van der Waals surface area contributed by atoms with Crippen molar-refractivity contribution in [2.45, 2.75) is 121 Å². The van der Waals surface area contributed by atoms with Crippen LogP contribution < -0.4 is 0 Å². The van der Waals surface area contributed by atoms with Crippen molar-refractivity contribution in [3.8, 4) is 0 Å². The minimum atomic E-state index is 0.709. The van der Waals surface area contributed by atoms with E-state index in [2.05, 4.69) is 39.9 Å². The molecule has 0 amide bonds. The van der Waals surface area contributed by atoms with E-state index in [4.69, 9.17) is 0 Å². The molecule has 7 unspecified atom stereocenters. The molecule has 0 aromatic heterocycles. The summed E-state index contributed by atoms with van der Waals surface area (Å²) in [5, 5.41) is 0. The quantitative estimate of drug-likeness (QED) is 0.454. The van der Waals surface area contributed by atoms with Crippen molar-refractivity contribution in [1.29, 1.82) is 0 Å².